The molecule has 0 aliphatic heterocycles. The van der Waals surface area contributed by atoms with Gasteiger partial charge in [0, 0.05) is 11.8 Å². The van der Waals surface area contributed by atoms with Crippen LogP contribution in [-0.4, -0.2) is 30.1 Å². The third-order valence-electron chi connectivity index (χ3n) is 3.66. The fourth-order valence-electron chi connectivity index (χ4n) is 2.29. The topological polar surface area (TPSA) is 85.4 Å². The molecule has 27 heavy (non-hydrogen) atoms. The van der Waals surface area contributed by atoms with Crippen LogP contribution in [0.25, 0.3) is 0 Å². The van der Waals surface area contributed by atoms with Crippen LogP contribution >= 0.6 is 0 Å². The van der Waals surface area contributed by atoms with Crippen molar-refractivity contribution in [3.05, 3.63) is 66.4 Å². The first-order valence-electron chi connectivity index (χ1n) is 7.97. The van der Waals surface area contributed by atoms with E-state index in [1.54, 1.807) is 30.3 Å². The standard InChI is InChI=1S/C19H17FN4O3/c1-26-14-7-8-17(27-2)15(9-14)24-19(25)16-10-22-18(11-21-16)23-13-5-3-12(20)4-6-13/h3-11H,1-2H3,(H,22,23)(H,24,25). The Morgan fingerprint density at radius 3 is 2.41 bits per heavy atom. The number of carbonyl (C=O) groups is 1. The zero-order valence-electron chi connectivity index (χ0n) is 14.7. The summed E-state index contributed by atoms with van der Waals surface area (Å²) < 4.78 is 23.3. The van der Waals surface area contributed by atoms with Gasteiger partial charge in [0.15, 0.2) is 0 Å². The summed E-state index contributed by atoms with van der Waals surface area (Å²) in [6.45, 7) is 0. The van der Waals surface area contributed by atoms with Crippen molar-refractivity contribution in [1.82, 2.24) is 9.97 Å². The number of nitrogens with one attached hydrogen (secondary N) is 2. The number of nitrogens with zero attached hydrogens (tertiary/aromatic N) is 2. The van der Waals surface area contributed by atoms with Crippen molar-refractivity contribution in [2.45, 2.75) is 0 Å². The molecule has 3 rings (SSSR count). The van der Waals surface area contributed by atoms with Crippen molar-refractivity contribution in [2.75, 3.05) is 24.9 Å². The highest BCUT2D eigenvalue weighted by Gasteiger charge is 2.13. The van der Waals surface area contributed by atoms with Crippen LogP contribution in [0.1, 0.15) is 10.5 Å². The van der Waals surface area contributed by atoms with Crippen LogP contribution in [0.2, 0.25) is 0 Å². The van der Waals surface area contributed by atoms with E-state index < -0.39 is 5.91 Å². The third kappa shape index (κ3) is 4.49. The van der Waals surface area contributed by atoms with Crippen molar-refractivity contribution in [3.63, 3.8) is 0 Å². The van der Waals surface area contributed by atoms with E-state index in [0.29, 0.717) is 28.7 Å². The van der Waals surface area contributed by atoms with Gasteiger partial charge >= 0.3 is 0 Å². The first-order chi connectivity index (χ1) is 13.1. The maximum atomic E-state index is 12.9. The first-order valence-corrected chi connectivity index (χ1v) is 7.97. The molecule has 2 aromatic carbocycles. The molecule has 8 heteroatoms. The zero-order chi connectivity index (χ0) is 19.2. The van der Waals surface area contributed by atoms with Gasteiger partial charge in [-0.15, -0.1) is 0 Å². The molecule has 0 spiro atoms. The van der Waals surface area contributed by atoms with E-state index in [1.165, 1.54) is 38.7 Å². The number of anilines is 3. The van der Waals surface area contributed by atoms with Crippen LogP contribution in [0.4, 0.5) is 21.6 Å². The number of hydrogen-bond acceptors (Lipinski definition) is 6. The second-order valence-corrected chi connectivity index (χ2v) is 5.44. The molecule has 0 aliphatic rings. The lowest BCUT2D eigenvalue weighted by Gasteiger charge is -2.11. The molecular weight excluding hydrogens is 351 g/mol. The van der Waals surface area contributed by atoms with Gasteiger partial charge < -0.3 is 20.1 Å². The molecule has 0 bridgehead atoms. The van der Waals surface area contributed by atoms with E-state index in [1.807, 2.05) is 0 Å². The number of halogens is 1. The minimum Gasteiger partial charge on any atom is -0.497 e. The summed E-state index contributed by atoms with van der Waals surface area (Å²) in [6.07, 6.45) is 2.76. The van der Waals surface area contributed by atoms with Crippen LogP contribution in [0, 0.1) is 5.82 Å². The Bertz CT molecular complexity index is 931. The maximum Gasteiger partial charge on any atom is 0.275 e. The summed E-state index contributed by atoms with van der Waals surface area (Å²) >= 11 is 0. The largest absolute Gasteiger partial charge is 0.497 e. The molecule has 7 nitrogen and oxygen atoms in total. The SMILES string of the molecule is COc1ccc(OC)c(NC(=O)c2cnc(Nc3ccc(F)cc3)cn2)c1. The molecule has 0 saturated carbocycles. The molecule has 1 heterocycles. The minimum atomic E-state index is -0.442. The fourth-order valence-corrected chi connectivity index (χ4v) is 2.29. The summed E-state index contributed by atoms with van der Waals surface area (Å²) in [4.78, 5) is 20.7. The van der Waals surface area contributed by atoms with E-state index in [9.17, 15) is 9.18 Å². The molecule has 138 valence electrons. The van der Waals surface area contributed by atoms with Crippen LogP contribution in [0.15, 0.2) is 54.9 Å². The van der Waals surface area contributed by atoms with Crippen LogP contribution in [0.5, 0.6) is 11.5 Å². The molecule has 0 fully saturated rings. The molecule has 0 aliphatic carbocycles. The number of hydrogen-bond donors (Lipinski definition) is 2. The number of rotatable bonds is 6. The maximum absolute atomic E-state index is 12.9. The number of ether oxygens (including phenoxy) is 2. The molecular formula is C19H17FN4O3. The van der Waals surface area contributed by atoms with Gasteiger partial charge in [0.25, 0.3) is 5.91 Å². The predicted octanol–water partition coefficient (Wildman–Crippen LogP) is 3.63. The number of aromatic nitrogens is 2. The summed E-state index contributed by atoms with van der Waals surface area (Å²) in [5.74, 6) is 0.730. The second kappa shape index (κ2) is 8.13. The summed E-state index contributed by atoms with van der Waals surface area (Å²) in [5.41, 5.74) is 1.24. The first kappa shape index (κ1) is 18.1. The lowest BCUT2D eigenvalue weighted by Crippen LogP contribution is -2.15. The van der Waals surface area contributed by atoms with Crippen molar-refractivity contribution in [2.24, 2.45) is 0 Å². The Kier molecular flexibility index (Phi) is 5.46. The molecule has 0 atom stereocenters. The molecule has 0 unspecified atom stereocenters. The minimum absolute atomic E-state index is 0.129. The summed E-state index contributed by atoms with van der Waals surface area (Å²) in [5, 5.41) is 5.69. The Balaban J connectivity index is 1.71. The van der Waals surface area contributed by atoms with Crippen molar-refractivity contribution in [3.8, 4) is 11.5 Å². The van der Waals surface area contributed by atoms with E-state index in [2.05, 4.69) is 20.6 Å². The van der Waals surface area contributed by atoms with E-state index in [0.717, 1.165) is 0 Å². The lowest BCUT2D eigenvalue weighted by atomic mass is 10.2. The third-order valence-corrected chi connectivity index (χ3v) is 3.66. The Labute approximate surface area is 155 Å². The highest BCUT2D eigenvalue weighted by Crippen LogP contribution is 2.29. The van der Waals surface area contributed by atoms with Gasteiger partial charge in [0.05, 0.1) is 32.3 Å². The van der Waals surface area contributed by atoms with E-state index in [-0.39, 0.29) is 11.5 Å². The van der Waals surface area contributed by atoms with Crippen LogP contribution < -0.4 is 20.1 Å². The predicted molar refractivity (Wildman–Crippen MR) is 99.2 cm³/mol. The molecule has 1 amide bonds. The molecule has 1 aromatic heterocycles. The Morgan fingerprint density at radius 2 is 1.78 bits per heavy atom. The van der Waals surface area contributed by atoms with Crippen molar-refractivity contribution in [1.29, 1.82) is 0 Å². The Hall–Kier alpha value is -3.68. The van der Waals surface area contributed by atoms with Gasteiger partial charge in [-0.1, -0.05) is 0 Å². The monoisotopic (exact) mass is 368 g/mol. The van der Waals surface area contributed by atoms with Gasteiger partial charge in [-0.05, 0) is 36.4 Å². The number of carbonyl (C=O) groups excluding carboxylic acids is 1. The normalized spacial score (nSPS) is 10.2. The van der Waals surface area contributed by atoms with Crippen molar-refractivity contribution < 1.29 is 18.7 Å². The highest BCUT2D eigenvalue weighted by atomic mass is 19.1. The van der Waals surface area contributed by atoms with Gasteiger partial charge in [0.2, 0.25) is 0 Å². The van der Waals surface area contributed by atoms with Gasteiger partial charge in [0.1, 0.15) is 28.8 Å². The van der Waals surface area contributed by atoms with Crippen LogP contribution in [-0.2, 0) is 0 Å². The quantitative estimate of drug-likeness (QED) is 0.691. The second-order valence-electron chi connectivity index (χ2n) is 5.44. The van der Waals surface area contributed by atoms with Gasteiger partial charge in [-0.25, -0.2) is 14.4 Å². The highest BCUT2D eigenvalue weighted by molar-refractivity contribution is 6.03. The molecule has 0 saturated heterocycles. The molecule has 2 N–H and O–H groups in total. The smallest absolute Gasteiger partial charge is 0.275 e. The average Bonchev–Trinajstić information content (AvgIpc) is 2.70. The zero-order valence-corrected chi connectivity index (χ0v) is 14.7. The Morgan fingerprint density at radius 1 is 1.00 bits per heavy atom. The molecule has 3 aromatic rings. The fraction of sp³-hybridized carbons (Fsp3) is 0.105. The van der Waals surface area contributed by atoms with Crippen LogP contribution in [0.3, 0.4) is 0 Å². The lowest BCUT2D eigenvalue weighted by molar-refractivity contribution is 0.102. The van der Waals surface area contributed by atoms with Gasteiger partial charge in [-0.2, -0.15) is 0 Å². The molecule has 0 radical (unpaired) electrons. The van der Waals surface area contributed by atoms with E-state index in [4.69, 9.17) is 9.47 Å². The van der Waals surface area contributed by atoms with Gasteiger partial charge in [-0.3, -0.25) is 4.79 Å². The van der Waals surface area contributed by atoms with Crippen molar-refractivity contribution >= 4 is 23.1 Å². The number of methoxy groups -OCH3 is 2. The number of amides is 1. The average molecular weight is 368 g/mol. The summed E-state index contributed by atoms with van der Waals surface area (Å²) in [7, 11) is 3.04. The van der Waals surface area contributed by atoms with E-state index >= 15 is 0 Å². The summed E-state index contributed by atoms with van der Waals surface area (Å²) in [6, 6.07) is 10.9. The number of benzene rings is 2.